The molecular formula is C12H9F2NO. The summed E-state index contributed by atoms with van der Waals surface area (Å²) in [5, 5.41) is 9.09. The van der Waals surface area contributed by atoms with Crippen LogP contribution in [0.2, 0.25) is 0 Å². The average molecular weight is 221 g/mol. The highest BCUT2D eigenvalue weighted by Gasteiger charge is 2.10. The van der Waals surface area contributed by atoms with Crippen molar-refractivity contribution in [1.82, 2.24) is 4.98 Å². The summed E-state index contributed by atoms with van der Waals surface area (Å²) in [6.45, 7) is -0.346. The molecular weight excluding hydrogens is 212 g/mol. The second kappa shape index (κ2) is 4.37. The number of hydrogen-bond acceptors (Lipinski definition) is 2. The Labute approximate surface area is 91.2 Å². The molecule has 1 aromatic carbocycles. The molecule has 2 nitrogen and oxygen atoms in total. The van der Waals surface area contributed by atoms with Crippen LogP contribution in [0.3, 0.4) is 0 Å². The summed E-state index contributed by atoms with van der Waals surface area (Å²) < 4.78 is 26.1. The highest BCUT2D eigenvalue weighted by atomic mass is 19.2. The first-order valence-corrected chi connectivity index (χ1v) is 4.71. The SMILES string of the molecule is OCc1cc(F)c(F)cc1-c1cccnc1. The van der Waals surface area contributed by atoms with Crippen LogP contribution in [-0.2, 0) is 6.61 Å². The molecule has 2 rings (SSSR count). The molecule has 2 aromatic rings. The highest BCUT2D eigenvalue weighted by molar-refractivity contribution is 5.66. The number of aliphatic hydroxyl groups is 1. The van der Waals surface area contributed by atoms with Gasteiger partial charge in [-0.2, -0.15) is 0 Å². The Kier molecular flexibility index (Phi) is 2.92. The molecule has 0 unspecified atom stereocenters. The molecule has 16 heavy (non-hydrogen) atoms. The zero-order valence-corrected chi connectivity index (χ0v) is 8.32. The predicted octanol–water partition coefficient (Wildman–Crippen LogP) is 2.52. The van der Waals surface area contributed by atoms with Gasteiger partial charge in [0.2, 0.25) is 0 Å². The minimum Gasteiger partial charge on any atom is -0.392 e. The third kappa shape index (κ3) is 1.92. The van der Waals surface area contributed by atoms with Crippen LogP contribution in [0.15, 0.2) is 36.7 Å². The van der Waals surface area contributed by atoms with E-state index in [1.165, 1.54) is 6.20 Å². The molecule has 0 saturated heterocycles. The number of benzene rings is 1. The van der Waals surface area contributed by atoms with Crippen molar-refractivity contribution < 1.29 is 13.9 Å². The van der Waals surface area contributed by atoms with Gasteiger partial charge in [-0.05, 0) is 29.3 Å². The Morgan fingerprint density at radius 3 is 2.56 bits per heavy atom. The van der Waals surface area contributed by atoms with Crippen LogP contribution in [-0.4, -0.2) is 10.1 Å². The topological polar surface area (TPSA) is 33.1 Å². The Morgan fingerprint density at radius 1 is 1.19 bits per heavy atom. The van der Waals surface area contributed by atoms with E-state index in [0.29, 0.717) is 16.7 Å². The third-order valence-electron chi connectivity index (χ3n) is 2.29. The van der Waals surface area contributed by atoms with Gasteiger partial charge in [0, 0.05) is 18.0 Å². The minimum atomic E-state index is -0.961. The van der Waals surface area contributed by atoms with Crippen molar-refractivity contribution in [1.29, 1.82) is 0 Å². The smallest absolute Gasteiger partial charge is 0.159 e. The molecule has 0 aliphatic heterocycles. The quantitative estimate of drug-likeness (QED) is 0.845. The minimum absolute atomic E-state index is 0.340. The molecule has 1 aromatic heterocycles. The molecule has 4 heteroatoms. The van der Waals surface area contributed by atoms with Crippen LogP contribution in [0.5, 0.6) is 0 Å². The fourth-order valence-electron chi connectivity index (χ4n) is 1.51. The largest absolute Gasteiger partial charge is 0.392 e. The van der Waals surface area contributed by atoms with Gasteiger partial charge in [-0.1, -0.05) is 6.07 Å². The van der Waals surface area contributed by atoms with Crippen LogP contribution in [0.4, 0.5) is 8.78 Å². The fraction of sp³-hybridized carbons (Fsp3) is 0.0833. The zero-order chi connectivity index (χ0) is 11.5. The van der Waals surface area contributed by atoms with Gasteiger partial charge in [-0.15, -0.1) is 0 Å². The highest BCUT2D eigenvalue weighted by Crippen LogP contribution is 2.25. The molecule has 0 bridgehead atoms. The van der Waals surface area contributed by atoms with Gasteiger partial charge >= 0.3 is 0 Å². The van der Waals surface area contributed by atoms with Gasteiger partial charge in [0.15, 0.2) is 11.6 Å². The molecule has 0 aliphatic rings. The summed E-state index contributed by atoms with van der Waals surface area (Å²) in [5.41, 5.74) is 1.44. The normalized spacial score (nSPS) is 10.4. The van der Waals surface area contributed by atoms with E-state index < -0.39 is 11.6 Å². The second-order valence-corrected chi connectivity index (χ2v) is 3.32. The van der Waals surface area contributed by atoms with E-state index in [9.17, 15) is 8.78 Å². The number of rotatable bonds is 2. The lowest BCUT2D eigenvalue weighted by atomic mass is 10.0. The lowest BCUT2D eigenvalue weighted by Crippen LogP contribution is -1.95. The number of halogens is 2. The van der Waals surface area contributed by atoms with Crippen molar-refractivity contribution in [3.63, 3.8) is 0 Å². The first-order chi connectivity index (χ1) is 7.72. The maximum atomic E-state index is 13.1. The van der Waals surface area contributed by atoms with Gasteiger partial charge in [-0.25, -0.2) is 8.78 Å². The van der Waals surface area contributed by atoms with Gasteiger partial charge in [0.1, 0.15) is 0 Å². The molecule has 0 saturated carbocycles. The second-order valence-electron chi connectivity index (χ2n) is 3.32. The standard InChI is InChI=1S/C12H9F2NO/c13-11-4-9(7-16)10(5-12(11)14)8-2-1-3-15-6-8/h1-6,16H,7H2. The summed E-state index contributed by atoms with van der Waals surface area (Å²) >= 11 is 0. The monoisotopic (exact) mass is 221 g/mol. The summed E-state index contributed by atoms with van der Waals surface area (Å²) in [6.07, 6.45) is 3.12. The predicted molar refractivity (Wildman–Crippen MR) is 55.5 cm³/mol. The van der Waals surface area contributed by atoms with Crippen LogP contribution < -0.4 is 0 Å². The third-order valence-corrected chi connectivity index (χ3v) is 2.29. The van der Waals surface area contributed by atoms with Crippen LogP contribution >= 0.6 is 0 Å². The number of pyridine rings is 1. The molecule has 0 radical (unpaired) electrons. The Morgan fingerprint density at radius 2 is 1.94 bits per heavy atom. The number of nitrogens with zero attached hydrogens (tertiary/aromatic N) is 1. The first kappa shape index (κ1) is 10.7. The van der Waals surface area contributed by atoms with Crippen molar-refractivity contribution in [3.8, 4) is 11.1 Å². The van der Waals surface area contributed by atoms with Crippen molar-refractivity contribution >= 4 is 0 Å². The van der Waals surface area contributed by atoms with Crippen molar-refractivity contribution in [2.45, 2.75) is 6.61 Å². The van der Waals surface area contributed by atoms with Gasteiger partial charge in [0.25, 0.3) is 0 Å². The summed E-state index contributed by atoms with van der Waals surface area (Å²) in [6, 6.07) is 5.48. The van der Waals surface area contributed by atoms with Crippen molar-refractivity contribution in [2.24, 2.45) is 0 Å². The van der Waals surface area contributed by atoms with E-state index in [2.05, 4.69) is 4.98 Å². The average Bonchev–Trinajstić information content (AvgIpc) is 2.33. The van der Waals surface area contributed by atoms with Crippen LogP contribution in [0.1, 0.15) is 5.56 Å². The number of aromatic nitrogens is 1. The van der Waals surface area contributed by atoms with E-state index in [-0.39, 0.29) is 6.61 Å². The van der Waals surface area contributed by atoms with E-state index in [1.807, 2.05) is 0 Å². The molecule has 0 amide bonds. The fourth-order valence-corrected chi connectivity index (χ4v) is 1.51. The summed E-state index contributed by atoms with van der Waals surface area (Å²) in [7, 11) is 0. The Bertz CT molecular complexity index is 500. The van der Waals surface area contributed by atoms with E-state index in [4.69, 9.17) is 5.11 Å². The molecule has 0 fully saturated rings. The zero-order valence-electron chi connectivity index (χ0n) is 8.32. The summed E-state index contributed by atoms with van der Waals surface area (Å²) in [5.74, 6) is -1.90. The van der Waals surface area contributed by atoms with Gasteiger partial charge in [0.05, 0.1) is 6.61 Å². The maximum Gasteiger partial charge on any atom is 0.159 e. The maximum absolute atomic E-state index is 13.1. The molecule has 82 valence electrons. The lowest BCUT2D eigenvalue weighted by Gasteiger charge is -2.07. The van der Waals surface area contributed by atoms with E-state index in [1.54, 1.807) is 18.3 Å². The van der Waals surface area contributed by atoms with E-state index >= 15 is 0 Å². The van der Waals surface area contributed by atoms with E-state index in [0.717, 1.165) is 12.1 Å². The Balaban J connectivity index is 2.60. The lowest BCUT2D eigenvalue weighted by molar-refractivity contribution is 0.281. The first-order valence-electron chi connectivity index (χ1n) is 4.71. The van der Waals surface area contributed by atoms with Gasteiger partial charge in [-0.3, -0.25) is 4.98 Å². The molecule has 1 N–H and O–H groups in total. The Hall–Kier alpha value is -1.81. The number of hydrogen-bond donors (Lipinski definition) is 1. The van der Waals surface area contributed by atoms with Gasteiger partial charge < -0.3 is 5.11 Å². The van der Waals surface area contributed by atoms with Crippen molar-refractivity contribution in [2.75, 3.05) is 0 Å². The molecule has 0 spiro atoms. The van der Waals surface area contributed by atoms with Crippen LogP contribution in [0, 0.1) is 11.6 Å². The number of aliphatic hydroxyl groups excluding tert-OH is 1. The summed E-state index contributed by atoms with van der Waals surface area (Å²) in [4.78, 5) is 3.89. The molecule has 0 aliphatic carbocycles. The van der Waals surface area contributed by atoms with Crippen LogP contribution in [0.25, 0.3) is 11.1 Å². The van der Waals surface area contributed by atoms with Crippen molar-refractivity contribution in [3.05, 3.63) is 53.9 Å². The molecule has 1 heterocycles. The molecule has 0 atom stereocenters.